The van der Waals surface area contributed by atoms with Crippen molar-refractivity contribution in [2.45, 2.75) is 19.9 Å². The van der Waals surface area contributed by atoms with E-state index in [0.29, 0.717) is 22.1 Å². The molecule has 2 aromatic rings. The summed E-state index contributed by atoms with van der Waals surface area (Å²) in [7, 11) is 0. The van der Waals surface area contributed by atoms with Crippen LogP contribution < -0.4 is 10.5 Å². The molecule has 3 N–H and O–H groups in total. The topological polar surface area (TPSA) is 85.7 Å². The molecule has 6 nitrogen and oxygen atoms in total. The molecule has 0 aliphatic heterocycles. The van der Waals surface area contributed by atoms with E-state index in [1.165, 1.54) is 0 Å². The number of ether oxygens (including phenoxy) is 1. The van der Waals surface area contributed by atoms with Crippen LogP contribution in [-0.4, -0.2) is 20.8 Å². The van der Waals surface area contributed by atoms with Crippen molar-refractivity contribution in [2.75, 3.05) is 0 Å². The first-order chi connectivity index (χ1) is 9.51. The summed E-state index contributed by atoms with van der Waals surface area (Å²) < 4.78 is 7.47. The highest BCUT2D eigenvalue weighted by atomic mass is 35.5. The van der Waals surface area contributed by atoms with Crippen LogP contribution in [0.25, 0.3) is 0 Å². The lowest BCUT2D eigenvalue weighted by atomic mass is 10.2. The van der Waals surface area contributed by atoms with Gasteiger partial charge >= 0.3 is 0 Å². The molecule has 0 saturated carbocycles. The predicted molar refractivity (Wildman–Crippen MR) is 76.6 cm³/mol. The highest BCUT2D eigenvalue weighted by Gasteiger charge is 2.12. The Morgan fingerprint density at radius 1 is 1.50 bits per heavy atom. The van der Waals surface area contributed by atoms with E-state index in [-0.39, 0.29) is 11.9 Å². The van der Waals surface area contributed by atoms with E-state index in [4.69, 9.17) is 27.3 Å². The van der Waals surface area contributed by atoms with Crippen LogP contribution in [0.3, 0.4) is 0 Å². The Labute approximate surface area is 121 Å². The van der Waals surface area contributed by atoms with Gasteiger partial charge in [0.05, 0.1) is 18.0 Å². The number of rotatable bonds is 4. The zero-order valence-corrected chi connectivity index (χ0v) is 11.9. The number of aromatic nitrogens is 2. The summed E-state index contributed by atoms with van der Waals surface area (Å²) in [5, 5.41) is 16.4. The maximum Gasteiger partial charge on any atom is 0.173 e. The molecule has 0 amide bonds. The highest BCUT2D eigenvalue weighted by molar-refractivity contribution is 6.30. The van der Waals surface area contributed by atoms with Gasteiger partial charge in [-0.15, -0.1) is 0 Å². The number of amidine groups is 1. The number of oxime groups is 1. The van der Waals surface area contributed by atoms with Gasteiger partial charge in [0.1, 0.15) is 5.75 Å². The molecular weight excluding hydrogens is 280 g/mol. The number of halogens is 1. The molecule has 1 aromatic heterocycles. The van der Waals surface area contributed by atoms with Crippen molar-refractivity contribution in [1.29, 1.82) is 0 Å². The molecule has 0 fully saturated rings. The van der Waals surface area contributed by atoms with Crippen LogP contribution in [0.1, 0.15) is 25.5 Å². The maximum absolute atomic E-state index is 8.78. The fraction of sp³-hybridized carbons (Fsp3) is 0.231. The third-order valence-electron chi connectivity index (χ3n) is 2.66. The first-order valence-corrected chi connectivity index (χ1v) is 6.38. The van der Waals surface area contributed by atoms with Gasteiger partial charge in [-0.2, -0.15) is 5.10 Å². The Kier molecular flexibility index (Phi) is 4.14. The molecule has 2 rings (SSSR count). The van der Waals surface area contributed by atoms with Crippen LogP contribution in [0.15, 0.2) is 35.7 Å². The summed E-state index contributed by atoms with van der Waals surface area (Å²) in [6.07, 6.45) is 3.36. The second-order valence-electron chi connectivity index (χ2n) is 4.48. The largest absolute Gasteiger partial charge is 0.453 e. The molecule has 0 aliphatic carbocycles. The fourth-order valence-corrected chi connectivity index (χ4v) is 1.79. The molecule has 0 bridgehead atoms. The molecule has 0 unspecified atom stereocenters. The third-order valence-corrected chi connectivity index (χ3v) is 2.90. The average Bonchev–Trinajstić information content (AvgIpc) is 2.87. The van der Waals surface area contributed by atoms with Gasteiger partial charge in [0.15, 0.2) is 11.6 Å². The average molecular weight is 295 g/mol. The molecule has 1 heterocycles. The second-order valence-corrected chi connectivity index (χ2v) is 4.91. The van der Waals surface area contributed by atoms with E-state index in [1.54, 1.807) is 35.3 Å². The molecular formula is C13H15ClN4O2. The van der Waals surface area contributed by atoms with E-state index in [1.807, 2.05) is 13.8 Å². The zero-order chi connectivity index (χ0) is 14.7. The van der Waals surface area contributed by atoms with Gasteiger partial charge in [-0.3, -0.25) is 4.68 Å². The van der Waals surface area contributed by atoms with E-state index < -0.39 is 0 Å². The summed E-state index contributed by atoms with van der Waals surface area (Å²) in [5.74, 6) is 0.900. The third kappa shape index (κ3) is 3.03. The van der Waals surface area contributed by atoms with Crippen LogP contribution in [0, 0.1) is 0 Å². The standard InChI is InChI=1S/C13H15ClN4O2/c1-8(2)18-7-10(6-16-18)20-12-5-9(14)3-4-11(12)13(15)17-19/h3-8,19H,1-2H3,(H2,15,17). The SMILES string of the molecule is CC(C)n1cc(Oc2cc(Cl)ccc2/C(N)=N/O)cn1. The molecule has 0 spiro atoms. The van der Waals surface area contributed by atoms with Crippen molar-refractivity contribution in [3.8, 4) is 11.5 Å². The Morgan fingerprint density at radius 3 is 2.85 bits per heavy atom. The van der Waals surface area contributed by atoms with Crippen molar-refractivity contribution in [3.63, 3.8) is 0 Å². The van der Waals surface area contributed by atoms with Crippen LogP contribution in [0.5, 0.6) is 11.5 Å². The van der Waals surface area contributed by atoms with Crippen molar-refractivity contribution in [3.05, 3.63) is 41.2 Å². The number of nitrogens with zero attached hydrogens (tertiary/aromatic N) is 3. The lowest BCUT2D eigenvalue weighted by molar-refractivity contribution is 0.318. The lowest BCUT2D eigenvalue weighted by Crippen LogP contribution is -2.14. The van der Waals surface area contributed by atoms with E-state index in [2.05, 4.69) is 10.3 Å². The monoisotopic (exact) mass is 294 g/mol. The number of nitrogens with two attached hydrogens (primary N) is 1. The van der Waals surface area contributed by atoms with Gasteiger partial charge in [0, 0.05) is 17.1 Å². The molecule has 1 aromatic carbocycles. The highest BCUT2D eigenvalue weighted by Crippen LogP contribution is 2.28. The van der Waals surface area contributed by atoms with Crippen LogP contribution >= 0.6 is 11.6 Å². The van der Waals surface area contributed by atoms with Gasteiger partial charge < -0.3 is 15.7 Å². The Balaban J connectivity index is 2.34. The maximum atomic E-state index is 8.78. The molecule has 20 heavy (non-hydrogen) atoms. The van der Waals surface area contributed by atoms with Crippen LogP contribution in [0.2, 0.25) is 5.02 Å². The van der Waals surface area contributed by atoms with Crippen molar-refractivity contribution in [2.24, 2.45) is 10.9 Å². The molecule has 0 saturated heterocycles. The number of hydrogen-bond donors (Lipinski definition) is 2. The van der Waals surface area contributed by atoms with Gasteiger partial charge in [0.2, 0.25) is 0 Å². The second kappa shape index (κ2) is 5.83. The molecule has 0 aliphatic rings. The molecule has 7 heteroatoms. The summed E-state index contributed by atoms with van der Waals surface area (Å²) in [5.41, 5.74) is 6.06. The summed E-state index contributed by atoms with van der Waals surface area (Å²) in [4.78, 5) is 0. The molecule has 0 radical (unpaired) electrons. The number of hydrogen-bond acceptors (Lipinski definition) is 4. The quantitative estimate of drug-likeness (QED) is 0.393. The normalized spacial score (nSPS) is 11.9. The first kappa shape index (κ1) is 14.2. The summed E-state index contributed by atoms with van der Waals surface area (Å²) in [6.45, 7) is 4.02. The van der Waals surface area contributed by atoms with Gasteiger partial charge in [-0.05, 0) is 26.0 Å². The van der Waals surface area contributed by atoms with E-state index >= 15 is 0 Å². The predicted octanol–water partition coefficient (Wildman–Crippen LogP) is 3.00. The van der Waals surface area contributed by atoms with Crippen molar-refractivity contribution >= 4 is 17.4 Å². The minimum absolute atomic E-state index is 0.0482. The van der Waals surface area contributed by atoms with Crippen molar-refractivity contribution in [1.82, 2.24) is 9.78 Å². The van der Waals surface area contributed by atoms with E-state index in [0.717, 1.165) is 0 Å². The summed E-state index contributed by atoms with van der Waals surface area (Å²) in [6, 6.07) is 5.09. The Morgan fingerprint density at radius 2 is 2.25 bits per heavy atom. The fourth-order valence-electron chi connectivity index (χ4n) is 1.63. The van der Waals surface area contributed by atoms with Crippen molar-refractivity contribution < 1.29 is 9.94 Å². The van der Waals surface area contributed by atoms with Gasteiger partial charge in [-0.25, -0.2) is 0 Å². The Hall–Kier alpha value is -2.21. The smallest absolute Gasteiger partial charge is 0.173 e. The first-order valence-electron chi connectivity index (χ1n) is 6.00. The van der Waals surface area contributed by atoms with Crippen LogP contribution in [0.4, 0.5) is 0 Å². The molecule has 106 valence electrons. The van der Waals surface area contributed by atoms with E-state index in [9.17, 15) is 0 Å². The van der Waals surface area contributed by atoms with Gasteiger partial charge in [0.25, 0.3) is 0 Å². The zero-order valence-electron chi connectivity index (χ0n) is 11.1. The lowest BCUT2D eigenvalue weighted by Gasteiger charge is -2.09. The molecule has 0 atom stereocenters. The number of benzene rings is 1. The van der Waals surface area contributed by atoms with Gasteiger partial charge in [-0.1, -0.05) is 16.8 Å². The van der Waals surface area contributed by atoms with Crippen LogP contribution in [-0.2, 0) is 0 Å². The summed E-state index contributed by atoms with van der Waals surface area (Å²) >= 11 is 5.94. The minimum Gasteiger partial charge on any atom is -0.453 e. The minimum atomic E-state index is -0.0482. The Bertz CT molecular complexity index is 637.